The van der Waals surface area contributed by atoms with Crippen LogP contribution in [0, 0.1) is 0 Å². The van der Waals surface area contributed by atoms with Gasteiger partial charge in [-0.15, -0.1) is 0 Å². The van der Waals surface area contributed by atoms with Crippen LogP contribution >= 0.6 is 23.2 Å². The summed E-state index contributed by atoms with van der Waals surface area (Å²) in [7, 11) is 0. The number of benzene rings is 1. The van der Waals surface area contributed by atoms with Gasteiger partial charge >= 0.3 is 0 Å². The van der Waals surface area contributed by atoms with Crippen LogP contribution in [0.1, 0.15) is 21.7 Å². The lowest BCUT2D eigenvalue weighted by Crippen LogP contribution is -2.46. The Morgan fingerprint density at radius 1 is 0.972 bits per heavy atom. The molecule has 0 saturated carbocycles. The number of nitrogens with zero attached hydrogens (tertiary/aromatic N) is 5. The van der Waals surface area contributed by atoms with Crippen LogP contribution in [0.15, 0.2) is 60.9 Å². The van der Waals surface area contributed by atoms with Crippen molar-refractivity contribution in [1.29, 1.82) is 0 Å². The van der Waals surface area contributed by atoms with Gasteiger partial charge in [0.25, 0.3) is 5.91 Å². The molecular formula is C26H24Cl2N6O2. The first-order chi connectivity index (χ1) is 17.5. The van der Waals surface area contributed by atoms with E-state index >= 15 is 0 Å². The highest BCUT2D eigenvalue weighted by Crippen LogP contribution is 2.33. The van der Waals surface area contributed by atoms with Gasteiger partial charge in [0, 0.05) is 67.1 Å². The summed E-state index contributed by atoms with van der Waals surface area (Å²) in [5.74, 6) is -0.125. The molecule has 1 aromatic carbocycles. The maximum Gasteiger partial charge on any atom is 0.274 e. The summed E-state index contributed by atoms with van der Waals surface area (Å²) in [6.07, 6.45) is 3.39. The van der Waals surface area contributed by atoms with Crippen LogP contribution in [-0.4, -0.2) is 57.0 Å². The lowest BCUT2D eigenvalue weighted by Gasteiger charge is -2.35. The first-order valence-electron chi connectivity index (χ1n) is 11.6. The highest BCUT2D eigenvalue weighted by molar-refractivity contribution is 6.34. The summed E-state index contributed by atoms with van der Waals surface area (Å²) in [6.45, 7) is 4.03. The second-order valence-corrected chi connectivity index (χ2v) is 9.45. The molecule has 0 spiro atoms. The SMILES string of the molecule is O=C(NCc1cc(Cl)cc(Cl)c1)c1nc(N2CCN(Cc3ccccn3)CC2)c2cccnc2c1O. The van der Waals surface area contributed by atoms with Crippen molar-refractivity contribution in [2.24, 2.45) is 0 Å². The Kier molecular flexibility index (Phi) is 7.18. The number of hydrogen-bond acceptors (Lipinski definition) is 7. The van der Waals surface area contributed by atoms with E-state index in [9.17, 15) is 9.90 Å². The van der Waals surface area contributed by atoms with Crippen molar-refractivity contribution in [3.63, 3.8) is 0 Å². The number of hydrogen-bond donors (Lipinski definition) is 2. The molecule has 2 N–H and O–H groups in total. The molecule has 1 amide bonds. The molecule has 1 fully saturated rings. The van der Waals surface area contributed by atoms with Crippen molar-refractivity contribution < 1.29 is 9.90 Å². The van der Waals surface area contributed by atoms with Gasteiger partial charge in [-0.05, 0) is 48.0 Å². The normalized spacial score (nSPS) is 14.2. The van der Waals surface area contributed by atoms with Crippen molar-refractivity contribution >= 4 is 45.8 Å². The zero-order valence-electron chi connectivity index (χ0n) is 19.4. The van der Waals surface area contributed by atoms with E-state index in [1.54, 1.807) is 36.7 Å². The summed E-state index contributed by atoms with van der Waals surface area (Å²) in [4.78, 5) is 30.9. The van der Waals surface area contributed by atoms with Gasteiger partial charge in [0.1, 0.15) is 11.3 Å². The monoisotopic (exact) mass is 522 g/mol. The van der Waals surface area contributed by atoms with E-state index in [0.717, 1.165) is 44.0 Å². The van der Waals surface area contributed by atoms with Crippen molar-refractivity contribution in [2.45, 2.75) is 13.1 Å². The minimum absolute atomic E-state index is 0.0692. The largest absolute Gasteiger partial charge is 0.504 e. The summed E-state index contributed by atoms with van der Waals surface area (Å²) in [5, 5.41) is 15.3. The molecule has 1 saturated heterocycles. The number of halogens is 2. The number of nitrogens with one attached hydrogen (secondary N) is 1. The Morgan fingerprint density at radius 3 is 2.44 bits per heavy atom. The first kappa shape index (κ1) is 24.2. The number of amides is 1. The highest BCUT2D eigenvalue weighted by atomic mass is 35.5. The standard InChI is InChI=1S/C26H24Cl2N6O2/c27-18-12-17(13-19(28)14-18)15-31-26(36)23-24(35)22-21(5-3-7-30-22)25(32-23)34-10-8-33(9-11-34)16-20-4-1-2-6-29-20/h1-7,12-14,35H,8-11,15-16H2,(H,31,36). The predicted molar refractivity (Wildman–Crippen MR) is 141 cm³/mol. The third kappa shape index (κ3) is 5.36. The average molecular weight is 523 g/mol. The number of anilines is 1. The maximum absolute atomic E-state index is 13.1. The second-order valence-electron chi connectivity index (χ2n) is 8.58. The van der Waals surface area contributed by atoms with Gasteiger partial charge in [0.05, 0.1) is 5.69 Å². The molecule has 0 unspecified atom stereocenters. The van der Waals surface area contributed by atoms with E-state index in [1.807, 2.05) is 24.3 Å². The van der Waals surface area contributed by atoms with Gasteiger partial charge in [-0.3, -0.25) is 19.7 Å². The molecule has 4 aromatic rings. The molecule has 0 bridgehead atoms. The van der Waals surface area contributed by atoms with Gasteiger partial charge in [-0.2, -0.15) is 0 Å². The topological polar surface area (TPSA) is 94.5 Å². The summed E-state index contributed by atoms with van der Waals surface area (Å²) in [5.41, 5.74) is 2.04. The zero-order chi connectivity index (χ0) is 25.1. The van der Waals surface area contributed by atoms with Crippen LogP contribution < -0.4 is 10.2 Å². The Morgan fingerprint density at radius 2 is 1.72 bits per heavy atom. The third-order valence-corrected chi connectivity index (χ3v) is 6.53. The second kappa shape index (κ2) is 10.7. The number of pyridine rings is 3. The van der Waals surface area contributed by atoms with Crippen LogP contribution in [0.25, 0.3) is 10.9 Å². The van der Waals surface area contributed by atoms with E-state index < -0.39 is 5.91 Å². The highest BCUT2D eigenvalue weighted by Gasteiger charge is 2.25. The molecule has 36 heavy (non-hydrogen) atoms. The van der Waals surface area contributed by atoms with Crippen molar-refractivity contribution in [3.8, 4) is 5.75 Å². The van der Waals surface area contributed by atoms with Gasteiger partial charge in [-0.25, -0.2) is 4.98 Å². The van der Waals surface area contributed by atoms with Gasteiger partial charge < -0.3 is 15.3 Å². The Balaban J connectivity index is 1.36. The van der Waals surface area contributed by atoms with Crippen LogP contribution in [0.3, 0.4) is 0 Å². The fourth-order valence-corrected chi connectivity index (χ4v) is 4.89. The molecule has 0 atom stereocenters. The lowest BCUT2D eigenvalue weighted by atomic mass is 10.1. The third-order valence-electron chi connectivity index (χ3n) is 6.09. The number of aromatic hydroxyl groups is 1. The zero-order valence-corrected chi connectivity index (χ0v) is 20.9. The van der Waals surface area contributed by atoms with Crippen LogP contribution in [0.5, 0.6) is 5.75 Å². The van der Waals surface area contributed by atoms with Crippen LogP contribution in [-0.2, 0) is 13.1 Å². The fourth-order valence-electron chi connectivity index (χ4n) is 4.32. The summed E-state index contributed by atoms with van der Waals surface area (Å²) in [6, 6.07) is 14.7. The first-order valence-corrected chi connectivity index (χ1v) is 12.3. The lowest BCUT2D eigenvalue weighted by molar-refractivity contribution is 0.0943. The number of carbonyl (C=O) groups excluding carboxylic acids is 1. The Labute approximate surface area is 218 Å². The Bertz CT molecular complexity index is 1370. The molecule has 8 nitrogen and oxygen atoms in total. The van der Waals surface area contributed by atoms with Crippen molar-refractivity contribution in [1.82, 2.24) is 25.2 Å². The maximum atomic E-state index is 13.1. The van der Waals surface area contributed by atoms with Gasteiger partial charge in [0.2, 0.25) is 0 Å². The number of fused-ring (bicyclic) bond motifs is 1. The van der Waals surface area contributed by atoms with Gasteiger partial charge in [0.15, 0.2) is 11.4 Å². The minimum Gasteiger partial charge on any atom is -0.504 e. The van der Waals surface area contributed by atoms with E-state index in [1.165, 1.54) is 0 Å². The predicted octanol–water partition coefficient (Wildman–Crippen LogP) is 4.29. The summed E-state index contributed by atoms with van der Waals surface area (Å²) >= 11 is 12.1. The molecular weight excluding hydrogens is 499 g/mol. The van der Waals surface area contributed by atoms with Gasteiger partial charge in [-0.1, -0.05) is 29.3 Å². The molecule has 1 aliphatic heterocycles. The van der Waals surface area contributed by atoms with Crippen molar-refractivity contribution in [3.05, 3.63) is 87.9 Å². The molecule has 0 radical (unpaired) electrons. The number of carbonyl (C=O) groups is 1. The molecule has 3 aromatic heterocycles. The molecule has 10 heteroatoms. The van der Waals surface area contributed by atoms with E-state index in [4.69, 9.17) is 23.2 Å². The quantitative estimate of drug-likeness (QED) is 0.390. The molecule has 0 aliphatic carbocycles. The average Bonchev–Trinajstić information content (AvgIpc) is 2.88. The number of aromatic nitrogens is 3. The Hall–Kier alpha value is -3.46. The van der Waals surface area contributed by atoms with Crippen molar-refractivity contribution in [2.75, 3.05) is 31.1 Å². The number of rotatable bonds is 6. The molecule has 1 aliphatic rings. The van der Waals surface area contributed by atoms with Crippen LogP contribution in [0.4, 0.5) is 5.82 Å². The van der Waals surface area contributed by atoms with E-state index in [2.05, 4.69) is 30.1 Å². The molecule has 4 heterocycles. The smallest absolute Gasteiger partial charge is 0.274 e. The van der Waals surface area contributed by atoms with E-state index in [0.29, 0.717) is 26.8 Å². The molecule has 5 rings (SSSR count). The minimum atomic E-state index is -0.508. The summed E-state index contributed by atoms with van der Waals surface area (Å²) < 4.78 is 0. The van der Waals surface area contributed by atoms with E-state index in [-0.39, 0.29) is 18.0 Å². The van der Waals surface area contributed by atoms with Crippen LogP contribution in [0.2, 0.25) is 10.0 Å². The number of piperazine rings is 1. The fraction of sp³-hybridized carbons (Fsp3) is 0.231. The molecule has 184 valence electrons.